The zero-order chi connectivity index (χ0) is 6.69. The van der Waals surface area contributed by atoms with E-state index < -0.39 is 0 Å². The van der Waals surface area contributed by atoms with Crippen LogP contribution in [0.4, 0.5) is 0 Å². The van der Waals surface area contributed by atoms with Gasteiger partial charge in [-0.3, -0.25) is 24.1 Å². The molecule has 0 heterocycles. The Kier molecular flexibility index (Phi) is 9.86. The minimum Gasteiger partial charge on any atom is -0.342 e. The van der Waals surface area contributed by atoms with Crippen LogP contribution in [0.15, 0.2) is 18.2 Å². The first-order valence-electron chi connectivity index (χ1n) is 2.95. The largest absolute Gasteiger partial charge is 0.342 e. The van der Waals surface area contributed by atoms with Crippen molar-refractivity contribution in [2.45, 2.75) is 6.42 Å². The van der Waals surface area contributed by atoms with Crippen molar-refractivity contribution in [2.75, 3.05) is 0 Å². The van der Waals surface area contributed by atoms with Crippen LogP contribution in [0.2, 0.25) is 0 Å². The van der Waals surface area contributed by atoms with E-state index in [0.717, 1.165) is 17.5 Å². The van der Waals surface area contributed by atoms with Gasteiger partial charge in [-0.1, -0.05) is 0 Å². The Morgan fingerprint density at radius 2 is 2.00 bits per heavy atom. The average Bonchev–Trinajstić information content (AvgIpc) is 1.88. The zero-order valence-electron chi connectivity index (χ0n) is 6.34. The molecule has 2 heteroatoms. The minimum absolute atomic E-state index is 0. The summed E-state index contributed by atoms with van der Waals surface area (Å²) in [5.41, 5.74) is 2.07. The van der Waals surface area contributed by atoms with Crippen molar-refractivity contribution >= 4 is 0 Å². The molecule has 0 unspecified atom stereocenters. The van der Waals surface area contributed by atoms with Gasteiger partial charge in [0.1, 0.15) is 0 Å². The molecule has 1 rings (SSSR count). The molecule has 0 N–H and O–H groups in total. The molecule has 57 valence electrons. The van der Waals surface area contributed by atoms with E-state index in [-0.39, 0.29) is 53.8 Å². The molecule has 0 bridgehead atoms. The summed E-state index contributed by atoms with van der Waals surface area (Å²) in [6.45, 7) is 7.48. The number of hydrogen-bond donors (Lipinski definition) is 0. The van der Waals surface area contributed by atoms with Crippen molar-refractivity contribution in [1.82, 2.24) is 0 Å². The molecule has 11 heavy (non-hydrogen) atoms. The predicted molar refractivity (Wildman–Crippen MR) is 38.8 cm³/mol. The van der Waals surface area contributed by atoms with E-state index in [1.54, 1.807) is 0 Å². The van der Waals surface area contributed by atoms with Crippen LogP contribution in [0, 0.1) is 19.9 Å². The van der Waals surface area contributed by atoms with E-state index in [2.05, 4.69) is 19.9 Å². The van der Waals surface area contributed by atoms with Crippen molar-refractivity contribution in [2.24, 2.45) is 0 Å². The van der Waals surface area contributed by atoms with Gasteiger partial charge in [0.05, 0.1) is 0 Å². The molecule has 0 aliphatic carbocycles. The second-order valence-corrected chi connectivity index (χ2v) is 1.95. The van der Waals surface area contributed by atoms with Crippen LogP contribution in [-0.2, 0) is 60.2 Å². The van der Waals surface area contributed by atoms with Gasteiger partial charge in [0, 0.05) is 53.8 Å². The second-order valence-electron chi connectivity index (χ2n) is 1.95. The first kappa shape index (κ1) is 14.4. The van der Waals surface area contributed by atoms with Gasteiger partial charge in [-0.25, -0.2) is 18.2 Å². The molecular formula is C9H9WY-3. The molecule has 1 aromatic rings. The fourth-order valence-corrected chi connectivity index (χ4v) is 0.716. The van der Waals surface area contributed by atoms with Crippen LogP contribution in [-0.4, -0.2) is 0 Å². The molecule has 0 saturated carbocycles. The molecule has 0 aliphatic rings. The fraction of sp³-hybridized carbons (Fsp3) is 0.111. The molecule has 0 aliphatic heterocycles. The van der Waals surface area contributed by atoms with Crippen molar-refractivity contribution < 1.29 is 53.8 Å². The molecule has 0 fully saturated rings. The monoisotopic (exact) mass is 390 g/mol. The summed E-state index contributed by atoms with van der Waals surface area (Å²) < 4.78 is 0. The summed E-state index contributed by atoms with van der Waals surface area (Å²) >= 11 is 0. The van der Waals surface area contributed by atoms with E-state index >= 15 is 0 Å². The maximum atomic E-state index is 3.75. The molecule has 0 amide bonds. The van der Waals surface area contributed by atoms with Gasteiger partial charge in [0.25, 0.3) is 0 Å². The summed E-state index contributed by atoms with van der Waals surface area (Å²) in [5.74, 6) is 0. The summed E-state index contributed by atoms with van der Waals surface area (Å²) in [6.07, 6.45) is 0.795. The van der Waals surface area contributed by atoms with Gasteiger partial charge in [-0.05, 0) is 0 Å². The Labute approximate surface area is 108 Å². The topological polar surface area (TPSA) is 0 Å². The molecule has 1 aromatic carbocycles. The zero-order valence-corrected chi connectivity index (χ0v) is 12.1. The average molecular weight is 390 g/mol. The van der Waals surface area contributed by atoms with Gasteiger partial charge in [0.15, 0.2) is 0 Å². The molecule has 0 saturated heterocycles. The molecule has 1 radical (unpaired) electrons. The molecule has 0 aromatic heterocycles. The third-order valence-corrected chi connectivity index (χ3v) is 1.19. The van der Waals surface area contributed by atoms with E-state index in [4.69, 9.17) is 0 Å². The van der Waals surface area contributed by atoms with E-state index in [1.807, 2.05) is 18.2 Å². The van der Waals surface area contributed by atoms with Crippen LogP contribution in [0.5, 0.6) is 0 Å². The Morgan fingerprint density at radius 3 is 2.36 bits per heavy atom. The van der Waals surface area contributed by atoms with E-state index in [1.165, 1.54) is 0 Å². The number of benzene rings is 1. The quantitative estimate of drug-likeness (QED) is 0.645. The summed E-state index contributed by atoms with van der Waals surface area (Å²) in [7, 11) is 0. The Bertz CT molecular complexity index is 199. The van der Waals surface area contributed by atoms with Crippen LogP contribution in [0.3, 0.4) is 0 Å². The van der Waals surface area contributed by atoms with Crippen molar-refractivity contribution in [3.8, 4) is 0 Å². The van der Waals surface area contributed by atoms with E-state index in [9.17, 15) is 0 Å². The van der Waals surface area contributed by atoms with E-state index in [0.29, 0.717) is 0 Å². The Morgan fingerprint density at radius 1 is 1.36 bits per heavy atom. The number of rotatable bonds is 1. The smallest absolute Gasteiger partial charge is 0 e. The molecule has 0 nitrogen and oxygen atoms in total. The standard InChI is InChI=1S/C9H9.W.Y/c1-3-9-6-4-5-8(2)7-9;;/h4-6H,1-3H2;;/q-3;;. The minimum atomic E-state index is 0. The molecule has 0 spiro atoms. The third-order valence-electron chi connectivity index (χ3n) is 1.19. The van der Waals surface area contributed by atoms with Crippen molar-refractivity contribution in [1.29, 1.82) is 0 Å². The Balaban J connectivity index is 0. The number of hydrogen-bond acceptors (Lipinski definition) is 0. The third kappa shape index (κ3) is 5.17. The van der Waals surface area contributed by atoms with Gasteiger partial charge < -0.3 is 6.92 Å². The second kappa shape index (κ2) is 7.53. The molecule has 0 atom stereocenters. The Hall–Kier alpha value is 0.882. The van der Waals surface area contributed by atoms with Crippen LogP contribution >= 0.6 is 0 Å². The van der Waals surface area contributed by atoms with Crippen LogP contribution in [0.25, 0.3) is 0 Å². The van der Waals surface area contributed by atoms with Crippen LogP contribution in [0.1, 0.15) is 11.1 Å². The first-order chi connectivity index (χ1) is 4.33. The normalized spacial score (nSPS) is 7.73. The van der Waals surface area contributed by atoms with Crippen LogP contribution < -0.4 is 0 Å². The summed E-state index contributed by atoms with van der Waals surface area (Å²) in [6, 6.07) is 8.99. The van der Waals surface area contributed by atoms with Crippen molar-refractivity contribution in [3.63, 3.8) is 0 Å². The predicted octanol–water partition coefficient (Wildman–Crippen LogP) is 2.04. The van der Waals surface area contributed by atoms with Crippen molar-refractivity contribution in [3.05, 3.63) is 49.2 Å². The fourth-order valence-electron chi connectivity index (χ4n) is 0.716. The van der Waals surface area contributed by atoms with Gasteiger partial charge in [0.2, 0.25) is 0 Å². The summed E-state index contributed by atoms with van der Waals surface area (Å²) in [4.78, 5) is 0. The van der Waals surface area contributed by atoms with Gasteiger partial charge in [-0.2, -0.15) is 6.42 Å². The maximum absolute atomic E-state index is 3.75. The summed E-state index contributed by atoms with van der Waals surface area (Å²) in [5, 5.41) is 0. The van der Waals surface area contributed by atoms with Gasteiger partial charge in [-0.15, -0.1) is 0 Å². The SMILES string of the molecule is [CH2-]Cc1[c-]c([CH2-])ccc1.[W].[Y]. The van der Waals surface area contributed by atoms with Gasteiger partial charge >= 0.3 is 0 Å². The molecular weight excluding hydrogens is 381 g/mol. The maximum Gasteiger partial charge on any atom is 0 e. The first-order valence-corrected chi connectivity index (χ1v) is 2.95.